The number of nitro groups is 1. The van der Waals surface area contributed by atoms with Crippen molar-refractivity contribution in [3.05, 3.63) is 58.1 Å². The van der Waals surface area contributed by atoms with Gasteiger partial charge in [-0.15, -0.1) is 0 Å². The van der Waals surface area contributed by atoms with Crippen molar-refractivity contribution in [1.82, 2.24) is 9.80 Å². The van der Waals surface area contributed by atoms with E-state index in [9.17, 15) is 24.8 Å². The van der Waals surface area contributed by atoms with E-state index in [-0.39, 0.29) is 42.9 Å². The molecule has 0 radical (unpaired) electrons. The SMILES string of the molecule is Cc1cc(OCCC(=O)N2CCN(C(=O)COc3cccc(O)c3)CC2)ccc1[N+](=O)[O-]. The van der Waals surface area contributed by atoms with Crippen LogP contribution in [0.25, 0.3) is 0 Å². The second-order valence-corrected chi connectivity index (χ2v) is 7.35. The van der Waals surface area contributed by atoms with E-state index in [0.717, 1.165) is 0 Å². The molecule has 1 heterocycles. The first-order valence-electron chi connectivity index (χ1n) is 10.2. The Balaban J connectivity index is 1.38. The number of nitro benzene ring substituents is 1. The van der Waals surface area contributed by atoms with E-state index in [4.69, 9.17) is 9.47 Å². The zero-order valence-electron chi connectivity index (χ0n) is 17.7. The van der Waals surface area contributed by atoms with Crippen molar-refractivity contribution in [1.29, 1.82) is 0 Å². The highest BCUT2D eigenvalue weighted by Gasteiger charge is 2.24. The third-order valence-electron chi connectivity index (χ3n) is 5.11. The van der Waals surface area contributed by atoms with E-state index >= 15 is 0 Å². The summed E-state index contributed by atoms with van der Waals surface area (Å²) in [6.45, 7) is 3.33. The van der Waals surface area contributed by atoms with E-state index in [0.29, 0.717) is 43.2 Å². The van der Waals surface area contributed by atoms with Crippen LogP contribution in [-0.2, 0) is 9.59 Å². The summed E-state index contributed by atoms with van der Waals surface area (Å²) in [5.74, 6) is 0.692. The summed E-state index contributed by atoms with van der Waals surface area (Å²) >= 11 is 0. The number of ether oxygens (including phenoxy) is 2. The first-order valence-corrected chi connectivity index (χ1v) is 10.2. The molecule has 0 saturated carbocycles. The lowest BCUT2D eigenvalue weighted by atomic mass is 10.2. The summed E-state index contributed by atoms with van der Waals surface area (Å²) in [5.41, 5.74) is 0.515. The van der Waals surface area contributed by atoms with Crippen molar-refractivity contribution in [2.45, 2.75) is 13.3 Å². The Labute approximate surface area is 185 Å². The fraction of sp³-hybridized carbons (Fsp3) is 0.364. The molecule has 1 aliphatic rings. The van der Waals surface area contributed by atoms with Gasteiger partial charge in [0.25, 0.3) is 11.6 Å². The molecule has 10 heteroatoms. The van der Waals surface area contributed by atoms with E-state index in [1.54, 1.807) is 34.9 Å². The Bertz CT molecular complexity index is 987. The van der Waals surface area contributed by atoms with Gasteiger partial charge in [0.15, 0.2) is 6.61 Å². The highest BCUT2D eigenvalue weighted by molar-refractivity contribution is 5.79. The molecule has 0 unspecified atom stereocenters. The number of amides is 2. The molecule has 10 nitrogen and oxygen atoms in total. The Kier molecular flexibility index (Phi) is 7.48. The molecule has 0 spiro atoms. The predicted molar refractivity (Wildman–Crippen MR) is 115 cm³/mol. The number of carbonyl (C=O) groups is 2. The van der Waals surface area contributed by atoms with E-state index in [2.05, 4.69) is 0 Å². The topological polar surface area (TPSA) is 122 Å². The maximum absolute atomic E-state index is 12.4. The average Bonchev–Trinajstić information content (AvgIpc) is 2.77. The summed E-state index contributed by atoms with van der Waals surface area (Å²) in [4.78, 5) is 38.5. The number of aromatic hydroxyl groups is 1. The fourth-order valence-corrected chi connectivity index (χ4v) is 3.35. The zero-order chi connectivity index (χ0) is 23.1. The number of phenolic OH excluding ortho intramolecular Hbond substituents is 1. The molecule has 2 amide bonds. The van der Waals surface area contributed by atoms with Gasteiger partial charge in [-0.1, -0.05) is 6.07 Å². The average molecular weight is 443 g/mol. The molecule has 2 aromatic carbocycles. The van der Waals surface area contributed by atoms with Gasteiger partial charge in [-0.3, -0.25) is 19.7 Å². The third kappa shape index (κ3) is 6.10. The standard InChI is InChI=1S/C22H25N3O7/c1-16-13-19(5-6-20(16)25(29)30)31-12-7-21(27)23-8-10-24(11-9-23)22(28)15-32-18-4-2-3-17(26)14-18/h2-6,13-14,26H,7-12,15H2,1H3. The normalized spacial score (nSPS) is 13.5. The summed E-state index contributed by atoms with van der Waals surface area (Å²) in [6.07, 6.45) is 0.171. The van der Waals surface area contributed by atoms with Gasteiger partial charge < -0.3 is 24.4 Å². The van der Waals surface area contributed by atoms with Crippen LogP contribution in [0.4, 0.5) is 5.69 Å². The fourth-order valence-electron chi connectivity index (χ4n) is 3.35. The number of phenols is 1. The summed E-state index contributed by atoms with van der Waals surface area (Å²) < 4.78 is 11.0. The number of rotatable bonds is 8. The van der Waals surface area contributed by atoms with Gasteiger partial charge in [0.1, 0.15) is 17.2 Å². The lowest BCUT2D eigenvalue weighted by Gasteiger charge is -2.34. The Hall–Kier alpha value is -3.82. The van der Waals surface area contributed by atoms with E-state index < -0.39 is 4.92 Å². The van der Waals surface area contributed by atoms with Crippen LogP contribution >= 0.6 is 0 Å². The molecule has 0 aliphatic carbocycles. The number of benzene rings is 2. The van der Waals surface area contributed by atoms with Crippen LogP contribution in [0.2, 0.25) is 0 Å². The minimum atomic E-state index is -0.453. The van der Waals surface area contributed by atoms with Gasteiger partial charge >= 0.3 is 0 Å². The number of carbonyl (C=O) groups excluding carboxylic acids is 2. The van der Waals surface area contributed by atoms with Gasteiger partial charge in [0, 0.05) is 43.9 Å². The van der Waals surface area contributed by atoms with Crippen molar-refractivity contribution in [2.24, 2.45) is 0 Å². The summed E-state index contributed by atoms with van der Waals surface area (Å²) in [6, 6.07) is 10.7. The van der Waals surface area contributed by atoms with Gasteiger partial charge in [-0.25, -0.2) is 0 Å². The minimum absolute atomic E-state index is 0.0214. The van der Waals surface area contributed by atoms with Crippen LogP contribution in [-0.4, -0.2) is 71.0 Å². The zero-order valence-corrected chi connectivity index (χ0v) is 17.7. The Morgan fingerprint density at radius 1 is 1.00 bits per heavy atom. The van der Waals surface area contributed by atoms with Crippen LogP contribution in [0.15, 0.2) is 42.5 Å². The molecule has 1 fully saturated rings. The van der Waals surface area contributed by atoms with Gasteiger partial charge in [0.05, 0.1) is 18.0 Å². The van der Waals surface area contributed by atoms with Crippen LogP contribution in [0.5, 0.6) is 17.2 Å². The molecule has 0 bridgehead atoms. The lowest BCUT2D eigenvalue weighted by molar-refractivity contribution is -0.385. The monoisotopic (exact) mass is 443 g/mol. The highest BCUT2D eigenvalue weighted by Crippen LogP contribution is 2.23. The Morgan fingerprint density at radius 2 is 1.66 bits per heavy atom. The van der Waals surface area contributed by atoms with E-state index in [1.165, 1.54) is 24.3 Å². The van der Waals surface area contributed by atoms with Crippen molar-refractivity contribution in [3.8, 4) is 17.2 Å². The molecule has 0 aromatic heterocycles. The van der Waals surface area contributed by atoms with Crippen LogP contribution < -0.4 is 9.47 Å². The number of aryl methyl sites for hydroxylation is 1. The first-order chi connectivity index (χ1) is 15.3. The van der Waals surface area contributed by atoms with E-state index in [1.807, 2.05) is 0 Å². The maximum Gasteiger partial charge on any atom is 0.272 e. The second kappa shape index (κ2) is 10.5. The highest BCUT2D eigenvalue weighted by atomic mass is 16.6. The second-order valence-electron chi connectivity index (χ2n) is 7.35. The van der Waals surface area contributed by atoms with Gasteiger partial charge in [0.2, 0.25) is 5.91 Å². The molecule has 2 aromatic rings. The minimum Gasteiger partial charge on any atom is -0.508 e. The smallest absolute Gasteiger partial charge is 0.272 e. The van der Waals surface area contributed by atoms with Crippen LogP contribution in [0.1, 0.15) is 12.0 Å². The molecule has 3 rings (SSSR count). The summed E-state index contributed by atoms with van der Waals surface area (Å²) in [5, 5.41) is 20.3. The van der Waals surface area contributed by atoms with Crippen molar-refractivity contribution in [3.63, 3.8) is 0 Å². The van der Waals surface area contributed by atoms with Crippen molar-refractivity contribution < 1.29 is 29.1 Å². The van der Waals surface area contributed by atoms with Crippen molar-refractivity contribution in [2.75, 3.05) is 39.4 Å². The molecule has 170 valence electrons. The molecule has 32 heavy (non-hydrogen) atoms. The third-order valence-corrected chi connectivity index (χ3v) is 5.11. The molecule has 0 atom stereocenters. The lowest BCUT2D eigenvalue weighted by Crippen LogP contribution is -2.51. The molecular formula is C22H25N3O7. The number of piperazine rings is 1. The first kappa shape index (κ1) is 22.9. The van der Waals surface area contributed by atoms with Crippen molar-refractivity contribution >= 4 is 17.5 Å². The number of hydrogen-bond acceptors (Lipinski definition) is 7. The molecule has 1 N–H and O–H groups in total. The maximum atomic E-state index is 12.4. The molecule has 1 aliphatic heterocycles. The quantitative estimate of drug-likeness (QED) is 0.490. The molecular weight excluding hydrogens is 418 g/mol. The number of hydrogen-bond donors (Lipinski definition) is 1. The predicted octanol–water partition coefficient (Wildman–Crippen LogP) is 2.13. The van der Waals surface area contributed by atoms with Crippen LogP contribution in [0.3, 0.4) is 0 Å². The largest absolute Gasteiger partial charge is 0.508 e. The Morgan fingerprint density at radius 3 is 2.28 bits per heavy atom. The van der Waals surface area contributed by atoms with Gasteiger partial charge in [-0.2, -0.15) is 0 Å². The van der Waals surface area contributed by atoms with Crippen LogP contribution in [0, 0.1) is 17.0 Å². The molecule has 1 saturated heterocycles. The number of nitrogens with zero attached hydrogens (tertiary/aromatic N) is 3. The van der Waals surface area contributed by atoms with Gasteiger partial charge in [-0.05, 0) is 31.2 Å². The summed E-state index contributed by atoms with van der Waals surface area (Å²) in [7, 11) is 0.